The van der Waals surface area contributed by atoms with Crippen LogP contribution in [0.2, 0.25) is 0 Å². The maximum Gasteiger partial charge on any atom is 0.286 e. The lowest BCUT2D eigenvalue weighted by Gasteiger charge is -2.46. The third kappa shape index (κ3) is 3.32. The van der Waals surface area contributed by atoms with Crippen molar-refractivity contribution in [3.63, 3.8) is 0 Å². The second-order valence-electron chi connectivity index (χ2n) is 7.79. The van der Waals surface area contributed by atoms with Crippen LogP contribution in [0.15, 0.2) is 26.0 Å². The van der Waals surface area contributed by atoms with Crippen molar-refractivity contribution in [2.45, 2.75) is 51.2 Å². The summed E-state index contributed by atoms with van der Waals surface area (Å²) < 4.78 is 36.9. The lowest BCUT2D eigenvalue weighted by atomic mass is 9.92. The number of rotatable bonds is 4. The third-order valence-corrected chi connectivity index (χ3v) is 7.13. The van der Waals surface area contributed by atoms with Crippen molar-refractivity contribution < 1.29 is 22.8 Å². The molecule has 2 N–H and O–H groups in total. The zero-order valence-electron chi connectivity index (χ0n) is 15.6. The molecule has 0 bridgehead atoms. The van der Waals surface area contributed by atoms with E-state index >= 15 is 0 Å². The van der Waals surface area contributed by atoms with Crippen molar-refractivity contribution >= 4 is 10.6 Å². The second-order valence-corrected chi connectivity index (χ2v) is 10.4. The molecule has 3 heterocycles. The lowest BCUT2D eigenvalue weighted by Crippen LogP contribution is -2.28. The zero-order chi connectivity index (χ0) is 19.2. The molecule has 8 nitrogen and oxygen atoms in total. The van der Waals surface area contributed by atoms with Crippen LogP contribution in [0.3, 0.4) is 0 Å². The van der Waals surface area contributed by atoms with Crippen molar-refractivity contribution in [1.29, 1.82) is 0 Å². The maximum absolute atomic E-state index is 10.9. The number of ether oxygens (including phenoxy) is 1. The zero-order valence-corrected chi connectivity index (χ0v) is 16.5. The molecule has 0 radical (unpaired) electrons. The summed E-state index contributed by atoms with van der Waals surface area (Å²) in [6, 6.07) is 1.75. The first kappa shape index (κ1) is 19.1. The molecule has 26 heavy (non-hydrogen) atoms. The molecule has 0 aliphatic carbocycles. The quantitative estimate of drug-likeness (QED) is 0.802. The van der Waals surface area contributed by atoms with E-state index in [4.69, 9.17) is 13.7 Å². The first-order valence-corrected chi connectivity index (χ1v) is 9.94. The Bertz CT molecular complexity index is 816. The van der Waals surface area contributed by atoms with Gasteiger partial charge >= 0.3 is 0 Å². The monoisotopic (exact) mass is 383 g/mol. The SMILES string of the molecule is CC(C)(C)c1cc(-c2nnc(C(C)(C)S(O)(O)C3=CCOCC3)o2)on1. The van der Waals surface area contributed by atoms with Crippen molar-refractivity contribution in [3.05, 3.63) is 28.6 Å². The van der Waals surface area contributed by atoms with Gasteiger partial charge in [0.05, 0.1) is 18.9 Å². The molecule has 0 fully saturated rings. The third-order valence-electron chi connectivity index (χ3n) is 4.43. The fraction of sp³-hybridized carbons (Fsp3) is 0.588. The molecule has 0 aromatic carbocycles. The molecule has 9 heteroatoms. The van der Waals surface area contributed by atoms with E-state index in [1.54, 1.807) is 26.0 Å². The summed E-state index contributed by atoms with van der Waals surface area (Å²) in [5.41, 5.74) is 0.595. The van der Waals surface area contributed by atoms with Gasteiger partial charge in [0, 0.05) is 22.8 Å². The Morgan fingerprint density at radius 3 is 2.42 bits per heavy atom. The van der Waals surface area contributed by atoms with Gasteiger partial charge in [0.15, 0.2) is 0 Å². The molecule has 0 saturated heterocycles. The fourth-order valence-corrected chi connectivity index (χ4v) is 4.16. The molecule has 0 saturated carbocycles. The standard InChI is InChI=1S/C17H25N3O5S/c1-16(2,3)13-10-12(25-20-13)14-18-19-15(24-14)17(4,5)26(21,22)11-6-8-23-9-7-11/h6,10,21-22H,7-9H2,1-5H3. The molecule has 0 spiro atoms. The largest absolute Gasteiger partial charge is 0.416 e. The topological polar surface area (TPSA) is 115 Å². The number of aromatic nitrogens is 3. The summed E-state index contributed by atoms with van der Waals surface area (Å²) in [4.78, 5) is 0.559. The summed E-state index contributed by atoms with van der Waals surface area (Å²) in [6.45, 7) is 10.2. The van der Waals surface area contributed by atoms with E-state index in [0.29, 0.717) is 30.3 Å². The Kier molecular flexibility index (Phi) is 4.76. The highest BCUT2D eigenvalue weighted by Crippen LogP contribution is 2.64. The molecule has 0 amide bonds. The minimum atomic E-state index is -3.16. The van der Waals surface area contributed by atoms with Crippen LogP contribution in [0, 0.1) is 0 Å². The minimum absolute atomic E-state index is 0.133. The summed E-state index contributed by atoms with van der Waals surface area (Å²) in [7, 11) is -3.16. The van der Waals surface area contributed by atoms with Gasteiger partial charge < -0.3 is 13.7 Å². The van der Waals surface area contributed by atoms with E-state index in [1.807, 2.05) is 20.8 Å². The second kappa shape index (κ2) is 6.49. The predicted octanol–water partition coefficient (Wildman–Crippen LogP) is 4.31. The average molecular weight is 383 g/mol. The van der Waals surface area contributed by atoms with Gasteiger partial charge in [0.25, 0.3) is 5.89 Å². The molecule has 3 rings (SSSR count). The van der Waals surface area contributed by atoms with E-state index in [0.717, 1.165) is 5.69 Å². The number of nitrogens with zero attached hydrogens (tertiary/aromatic N) is 3. The summed E-state index contributed by atoms with van der Waals surface area (Å²) in [5, 5.41) is 12.1. The van der Waals surface area contributed by atoms with Gasteiger partial charge in [-0.1, -0.05) is 25.9 Å². The van der Waals surface area contributed by atoms with E-state index in [9.17, 15) is 9.11 Å². The van der Waals surface area contributed by atoms with Gasteiger partial charge in [-0.25, -0.2) is 0 Å². The molecule has 1 aliphatic heterocycles. The molecule has 0 unspecified atom stereocenters. The molecule has 2 aromatic heterocycles. The first-order valence-electron chi connectivity index (χ1n) is 8.39. The van der Waals surface area contributed by atoms with Gasteiger partial charge in [0.2, 0.25) is 11.7 Å². The molecule has 144 valence electrons. The van der Waals surface area contributed by atoms with Crippen molar-refractivity contribution in [2.24, 2.45) is 0 Å². The Balaban J connectivity index is 1.90. The summed E-state index contributed by atoms with van der Waals surface area (Å²) in [6.07, 6.45) is 2.17. The molecular weight excluding hydrogens is 358 g/mol. The summed E-state index contributed by atoms with van der Waals surface area (Å²) in [5.74, 6) is 0.645. The highest BCUT2D eigenvalue weighted by Gasteiger charge is 2.44. The fourth-order valence-electron chi connectivity index (χ4n) is 2.51. The normalized spacial score (nSPS) is 17.3. The van der Waals surface area contributed by atoms with Crippen molar-refractivity contribution in [2.75, 3.05) is 13.2 Å². The van der Waals surface area contributed by atoms with Crippen molar-refractivity contribution in [1.82, 2.24) is 15.4 Å². The number of hydrogen-bond acceptors (Lipinski definition) is 8. The lowest BCUT2D eigenvalue weighted by molar-refractivity contribution is 0.156. The van der Waals surface area contributed by atoms with Crippen LogP contribution in [0.4, 0.5) is 0 Å². The predicted molar refractivity (Wildman–Crippen MR) is 97.9 cm³/mol. The van der Waals surface area contributed by atoms with Crippen LogP contribution >= 0.6 is 10.6 Å². The van der Waals surface area contributed by atoms with Crippen LogP contribution in [0.25, 0.3) is 11.7 Å². The van der Waals surface area contributed by atoms with E-state index in [1.165, 1.54) is 0 Å². The molecular formula is C17H25N3O5S. The Morgan fingerprint density at radius 1 is 1.12 bits per heavy atom. The van der Waals surface area contributed by atoms with Crippen LogP contribution in [-0.2, 0) is 14.9 Å². The van der Waals surface area contributed by atoms with Crippen LogP contribution in [0.1, 0.15) is 52.6 Å². The molecule has 1 aliphatic rings. The Morgan fingerprint density at radius 2 is 1.85 bits per heavy atom. The van der Waals surface area contributed by atoms with Crippen LogP contribution in [0.5, 0.6) is 0 Å². The van der Waals surface area contributed by atoms with Gasteiger partial charge in [0.1, 0.15) is 4.75 Å². The smallest absolute Gasteiger partial charge is 0.286 e. The summed E-state index contributed by atoms with van der Waals surface area (Å²) >= 11 is 0. The van der Waals surface area contributed by atoms with Crippen LogP contribution in [-0.4, -0.2) is 37.7 Å². The Labute approximate surface area is 154 Å². The van der Waals surface area contributed by atoms with E-state index < -0.39 is 15.3 Å². The molecule has 2 aromatic rings. The van der Waals surface area contributed by atoms with Crippen molar-refractivity contribution in [3.8, 4) is 11.7 Å². The molecule has 0 atom stereocenters. The number of hydrogen-bond donors (Lipinski definition) is 2. The van der Waals surface area contributed by atoms with Gasteiger partial charge in [-0.15, -0.1) is 10.2 Å². The van der Waals surface area contributed by atoms with Gasteiger partial charge in [-0.05, 0) is 19.9 Å². The van der Waals surface area contributed by atoms with Gasteiger partial charge in [-0.3, -0.25) is 9.11 Å². The maximum atomic E-state index is 10.9. The van der Waals surface area contributed by atoms with Gasteiger partial charge in [-0.2, -0.15) is 10.6 Å². The minimum Gasteiger partial charge on any atom is -0.416 e. The highest BCUT2D eigenvalue weighted by molar-refractivity contribution is 8.28. The van der Waals surface area contributed by atoms with Crippen LogP contribution < -0.4 is 0 Å². The van der Waals surface area contributed by atoms with E-state index in [2.05, 4.69) is 15.4 Å². The first-order chi connectivity index (χ1) is 12.0. The van der Waals surface area contributed by atoms with E-state index in [-0.39, 0.29) is 17.2 Å². The highest BCUT2D eigenvalue weighted by atomic mass is 32.3. The Hall–Kier alpha value is -1.68. The average Bonchev–Trinajstić information content (AvgIpc) is 3.24.